The Kier molecular flexibility index (Phi) is 11.0. The molecule has 0 saturated heterocycles. The molecule has 0 amide bonds. The predicted molar refractivity (Wildman–Crippen MR) is 73.3 cm³/mol. The summed E-state index contributed by atoms with van der Waals surface area (Å²) in [6.45, 7) is 6.81. The van der Waals surface area contributed by atoms with Crippen LogP contribution in [0.2, 0.25) is 0 Å². The minimum Gasteiger partial charge on any atom is -0.306 e. The van der Waals surface area contributed by atoms with Gasteiger partial charge < -0.3 is 5.73 Å². The summed E-state index contributed by atoms with van der Waals surface area (Å²) in [6.07, 6.45) is 4.50. The molecule has 0 heterocycles. The summed E-state index contributed by atoms with van der Waals surface area (Å²) >= 11 is 0. The van der Waals surface area contributed by atoms with Crippen molar-refractivity contribution in [1.29, 1.82) is 0 Å². The molecule has 0 aromatic carbocycles. The van der Waals surface area contributed by atoms with Gasteiger partial charge in [-0.15, -0.1) is 0 Å². The monoisotopic (exact) mass is 281 g/mol. The van der Waals surface area contributed by atoms with E-state index >= 15 is 0 Å². The first kappa shape index (κ1) is 18.1. The molecule has 0 aliphatic heterocycles. The van der Waals surface area contributed by atoms with Crippen LogP contribution in [0.4, 0.5) is 0 Å². The second-order valence-corrected chi connectivity index (χ2v) is 5.87. The number of rotatable bonds is 12. The lowest BCUT2D eigenvalue weighted by molar-refractivity contribution is 0.0751. The van der Waals surface area contributed by atoms with Crippen molar-refractivity contribution in [2.24, 2.45) is 5.73 Å². The Morgan fingerprint density at radius 3 is 1.89 bits per heavy atom. The van der Waals surface area contributed by atoms with Crippen molar-refractivity contribution in [3.8, 4) is 0 Å². The smallest absolute Gasteiger partial charge is 0.306 e. The molecular weight excluding hydrogens is 253 g/mol. The normalized spacial score (nSPS) is 13.8. The van der Waals surface area contributed by atoms with Crippen LogP contribution < -0.4 is 5.73 Å². The van der Waals surface area contributed by atoms with Gasteiger partial charge in [0, 0.05) is 0 Å². The highest BCUT2D eigenvalue weighted by Crippen LogP contribution is 2.50. The predicted octanol–water partition coefficient (Wildman–Crippen LogP) is 3.83. The summed E-state index contributed by atoms with van der Waals surface area (Å²) in [5, 5.41) is 0. The topological polar surface area (TPSA) is 70.8 Å². The van der Waals surface area contributed by atoms with Crippen LogP contribution in [-0.4, -0.2) is 19.4 Å². The minimum atomic E-state index is -3.49. The fourth-order valence-corrected chi connectivity index (χ4v) is 2.58. The van der Waals surface area contributed by atoms with Gasteiger partial charge in [-0.25, -0.2) is 4.57 Å². The van der Waals surface area contributed by atoms with Gasteiger partial charge in [0.25, 0.3) is 0 Å². The standard InChI is InChI=1S/C12H28NO4P/c1-4-7-10-15-18(14,16-11-8-5-2)17-12(13)9-6-3/h12H,4-11,13H2,1-3H3. The van der Waals surface area contributed by atoms with Crippen molar-refractivity contribution in [1.82, 2.24) is 0 Å². The fourth-order valence-electron chi connectivity index (χ4n) is 1.24. The van der Waals surface area contributed by atoms with E-state index in [0.29, 0.717) is 19.6 Å². The van der Waals surface area contributed by atoms with Gasteiger partial charge in [0.05, 0.1) is 13.2 Å². The Hall–Kier alpha value is 0.0700. The lowest BCUT2D eigenvalue weighted by atomic mass is 10.3. The molecule has 2 N–H and O–H groups in total. The lowest BCUT2D eigenvalue weighted by Crippen LogP contribution is -2.23. The van der Waals surface area contributed by atoms with Crippen molar-refractivity contribution in [2.75, 3.05) is 13.2 Å². The zero-order chi connectivity index (χ0) is 13.9. The van der Waals surface area contributed by atoms with E-state index in [-0.39, 0.29) is 0 Å². The zero-order valence-corrected chi connectivity index (χ0v) is 12.8. The second kappa shape index (κ2) is 10.9. The molecule has 1 atom stereocenters. The molecule has 0 aliphatic carbocycles. The molecule has 0 radical (unpaired) electrons. The molecule has 110 valence electrons. The van der Waals surface area contributed by atoms with Crippen LogP contribution in [0.5, 0.6) is 0 Å². The molecule has 0 fully saturated rings. The van der Waals surface area contributed by atoms with E-state index in [0.717, 1.165) is 32.1 Å². The SMILES string of the molecule is CCCCOP(=O)(OCCCC)OC(N)CCC. The molecule has 0 aliphatic rings. The summed E-state index contributed by atoms with van der Waals surface area (Å²) in [5.74, 6) is 0. The molecule has 0 saturated carbocycles. The van der Waals surface area contributed by atoms with E-state index in [2.05, 4.69) is 0 Å². The Bertz CT molecular complexity index is 224. The van der Waals surface area contributed by atoms with Crippen LogP contribution in [0.25, 0.3) is 0 Å². The van der Waals surface area contributed by atoms with Crippen molar-refractivity contribution < 1.29 is 18.1 Å². The molecule has 6 heteroatoms. The van der Waals surface area contributed by atoms with Gasteiger partial charge in [-0.3, -0.25) is 13.6 Å². The third-order valence-corrected chi connectivity index (χ3v) is 3.86. The summed E-state index contributed by atoms with van der Waals surface area (Å²) in [4.78, 5) is 0. The van der Waals surface area contributed by atoms with E-state index < -0.39 is 14.1 Å². The third kappa shape index (κ3) is 9.06. The van der Waals surface area contributed by atoms with E-state index in [1.54, 1.807) is 0 Å². The Balaban J connectivity index is 4.24. The van der Waals surface area contributed by atoms with Crippen LogP contribution in [0.3, 0.4) is 0 Å². The first-order chi connectivity index (χ1) is 8.58. The number of unbranched alkanes of at least 4 members (excludes halogenated alkanes) is 2. The Morgan fingerprint density at radius 1 is 1.00 bits per heavy atom. The van der Waals surface area contributed by atoms with Crippen LogP contribution in [0.15, 0.2) is 0 Å². The summed E-state index contributed by atoms with van der Waals surface area (Å²) in [7, 11) is -3.49. The average molecular weight is 281 g/mol. The van der Waals surface area contributed by atoms with E-state index in [1.165, 1.54) is 0 Å². The van der Waals surface area contributed by atoms with Crippen LogP contribution in [0.1, 0.15) is 59.3 Å². The third-order valence-electron chi connectivity index (χ3n) is 2.33. The summed E-state index contributed by atoms with van der Waals surface area (Å²) < 4.78 is 28.1. The van der Waals surface area contributed by atoms with Gasteiger partial charge >= 0.3 is 7.82 Å². The molecule has 0 spiro atoms. The maximum Gasteiger partial charge on any atom is 0.476 e. The van der Waals surface area contributed by atoms with Gasteiger partial charge in [0.2, 0.25) is 0 Å². The zero-order valence-electron chi connectivity index (χ0n) is 11.9. The Morgan fingerprint density at radius 2 is 1.50 bits per heavy atom. The van der Waals surface area contributed by atoms with E-state index in [9.17, 15) is 4.57 Å². The van der Waals surface area contributed by atoms with E-state index in [1.807, 2.05) is 20.8 Å². The quantitative estimate of drug-likeness (QED) is 0.334. The Labute approximate surface area is 111 Å². The molecule has 0 rings (SSSR count). The molecule has 18 heavy (non-hydrogen) atoms. The molecular formula is C12H28NO4P. The van der Waals surface area contributed by atoms with Crippen molar-refractivity contribution in [2.45, 2.75) is 65.5 Å². The molecule has 0 bridgehead atoms. The summed E-state index contributed by atoms with van der Waals surface area (Å²) in [5.41, 5.74) is 5.72. The lowest BCUT2D eigenvalue weighted by Gasteiger charge is -2.21. The fraction of sp³-hybridized carbons (Fsp3) is 1.00. The van der Waals surface area contributed by atoms with Crippen molar-refractivity contribution in [3.05, 3.63) is 0 Å². The summed E-state index contributed by atoms with van der Waals surface area (Å²) in [6, 6.07) is 0. The van der Waals surface area contributed by atoms with Gasteiger partial charge in [0.1, 0.15) is 6.23 Å². The molecule has 0 aromatic heterocycles. The highest BCUT2D eigenvalue weighted by molar-refractivity contribution is 7.48. The number of hydrogen-bond donors (Lipinski definition) is 1. The first-order valence-corrected chi connectivity index (χ1v) is 8.37. The van der Waals surface area contributed by atoms with Gasteiger partial charge in [-0.1, -0.05) is 40.0 Å². The number of hydrogen-bond acceptors (Lipinski definition) is 5. The number of phosphoric ester groups is 1. The number of phosphoric acid groups is 1. The maximum atomic E-state index is 12.3. The number of nitrogens with two attached hydrogens (primary N) is 1. The second-order valence-electron chi connectivity index (χ2n) is 4.25. The van der Waals surface area contributed by atoms with Gasteiger partial charge in [0.15, 0.2) is 0 Å². The minimum absolute atomic E-state index is 0.374. The molecule has 5 nitrogen and oxygen atoms in total. The van der Waals surface area contributed by atoms with Crippen LogP contribution in [-0.2, 0) is 18.1 Å². The highest BCUT2D eigenvalue weighted by Gasteiger charge is 2.29. The van der Waals surface area contributed by atoms with Crippen LogP contribution >= 0.6 is 7.82 Å². The van der Waals surface area contributed by atoms with E-state index in [4.69, 9.17) is 19.3 Å². The molecule has 0 aromatic rings. The van der Waals surface area contributed by atoms with Crippen LogP contribution in [0, 0.1) is 0 Å². The largest absolute Gasteiger partial charge is 0.476 e. The van der Waals surface area contributed by atoms with Gasteiger partial charge in [-0.2, -0.15) is 0 Å². The maximum absolute atomic E-state index is 12.3. The average Bonchev–Trinajstić information content (AvgIpc) is 2.30. The van der Waals surface area contributed by atoms with Gasteiger partial charge in [-0.05, 0) is 19.3 Å². The molecule has 1 unspecified atom stereocenters. The first-order valence-electron chi connectivity index (χ1n) is 6.91. The highest BCUT2D eigenvalue weighted by atomic mass is 31.2. The van der Waals surface area contributed by atoms with Crippen molar-refractivity contribution in [3.63, 3.8) is 0 Å². The van der Waals surface area contributed by atoms with Crippen molar-refractivity contribution >= 4 is 7.82 Å².